The average Bonchev–Trinajstić information content (AvgIpc) is 2.69. The Labute approximate surface area is 164 Å². The molecule has 2 aliphatic heterocycles. The van der Waals surface area contributed by atoms with Gasteiger partial charge in [0.25, 0.3) is 5.91 Å². The van der Waals surface area contributed by atoms with Gasteiger partial charge < -0.3 is 24.9 Å². The predicted octanol–water partition coefficient (Wildman–Crippen LogP) is 3.30. The lowest BCUT2D eigenvalue weighted by Crippen LogP contribution is -2.49. The summed E-state index contributed by atoms with van der Waals surface area (Å²) < 4.78 is 11.6. The number of anilines is 1. The van der Waals surface area contributed by atoms with E-state index in [1.54, 1.807) is 26.4 Å². The summed E-state index contributed by atoms with van der Waals surface area (Å²) in [5.41, 5.74) is 3.59. The van der Waals surface area contributed by atoms with E-state index in [-0.39, 0.29) is 12.1 Å². The third-order valence-electron chi connectivity index (χ3n) is 4.94. The van der Waals surface area contributed by atoms with Gasteiger partial charge >= 0.3 is 0 Å². The van der Waals surface area contributed by atoms with Crippen molar-refractivity contribution in [2.45, 2.75) is 12.6 Å². The fourth-order valence-electron chi connectivity index (χ4n) is 3.74. The molecule has 2 N–H and O–H groups in total. The number of nitrogens with zero attached hydrogens (tertiary/aromatic N) is 2. The molecule has 1 amide bonds. The highest BCUT2D eigenvalue weighted by Crippen LogP contribution is 2.43. The van der Waals surface area contributed by atoms with Crippen molar-refractivity contribution in [2.75, 3.05) is 25.7 Å². The summed E-state index contributed by atoms with van der Waals surface area (Å²) in [6, 6.07) is 9.23. The molecule has 0 fully saturated rings. The summed E-state index contributed by atoms with van der Waals surface area (Å²) in [7, 11) is 3.15. The van der Waals surface area contributed by atoms with Gasteiger partial charge in [-0.3, -0.25) is 4.79 Å². The Bertz CT molecular complexity index is 960. The number of halogens is 1. The van der Waals surface area contributed by atoms with Crippen molar-refractivity contribution < 1.29 is 19.5 Å². The van der Waals surface area contributed by atoms with Gasteiger partial charge in [-0.25, -0.2) is 0 Å². The molecule has 1 unspecified atom stereocenters. The van der Waals surface area contributed by atoms with Crippen LogP contribution in [-0.2, 0) is 0 Å². The van der Waals surface area contributed by atoms with E-state index in [1.807, 2.05) is 18.2 Å². The van der Waals surface area contributed by atoms with Crippen LogP contribution in [0.3, 0.4) is 0 Å². The summed E-state index contributed by atoms with van der Waals surface area (Å²) in [4.78, 5) is 14.9. The van der Waals surface area contributed by atoms with E-state index >= 15 is 0 Å². The zero-order valence-electron chi connectivity index (χ0n) is 14.8. The predicted molar refractivity (Wildman–Crippen MR) is 104 cm³/mol. The molecule has 1 atom stereocenters. The van der Waals surface area contributed by atoms with Crippen LogP contribution in [0.4, 0.5) is 5.69 Å². The van der Waals surface area contributed by atoms with Crippen molar-refractivity contribution in [2.24, 2.45) is 5.16 Å². The SMILES string of the molecule is COc1cc(C2NC(=O)c3cccc4c3N2CCC4=NO)cc(Br)c1OC. The lowest BCUT2D eigenvalue weighted by molar-refractivity contribution is 0.0926. The minimum absolute atomic E-state index is 0.168. The second-order valence-electron chi connectivity index (χ2n) is 6.31. The minimum atomic E-state index is -0.373. The first-order valence-corrected chi connectivity index (χ1v) is 9.21. The van der Waals surface area contributed by atoms with Crippen molar-refractivity contribution in [1.29, 1.82) is 0 Å². The van der Waals surface area contributed by atoms with Crippen LogP contribution in [0.5, 0.6) is 11.5 Å². The zero-order valence-corrected chi connectivity index (χ0v) is 16.4. The first kappa shape index (κ1) is 17.7. The topological polar surface area (TPSA) is 83.4 Å². The monoisotopic (exact) mass is 431 g/mol. The van der Waals surface area contributed by atoms with E-state index in [0.29, 0.717) is 35.7 Å². The Morgan fingerprint density at radius 2 is 2.04 bits per heavy atom. The van der Waals surface area contributed by atoms with Gasteiger partial charge in [0.2, 0.25) is 0 Å². The Kier molecular flexibility index (Phi) is 4.43. The Morgan fingerprint density at radius 1 is 1.26 bits per heavy atom. The quantitative estimate of drug-likeness (QED) is 0.575. The number of hydrogen-bond donors (Lipinski definition) is 2. The highest BCUT2D eigenvalue weighted by atomic mass is 79.9. The molecule has 0 saturated carbocycles. The lowest BCUT2D eigenvalue weighted by Gasteiger charge is -2.43. The fraction of sp³-hybridized carbons (Fsp3) is 0.263. The van der Waals surface area contributed by atoms with Crippen LogP contribution < -0.4 is 19.7 Å². The largest absolute Gasteiger partial charge is 0.493 e. The molecule has 2 aromatic carbocycles. The first-order chi connectivity index (χ1) is 13.1. The molecule has 0 bridgehead atoms. The van der Waals surface area contributed by atoms with Crippen LogP contribution in [-0.4, -0.2) is 37.6 Å². The smallest absolute Gasteiger partial charge is 0.255 e. The Hall–Kier alpha value is -2.74. The van der Waals surface area contributed by atoms with E-state index in [9.17, 15) is 10.0 Å². The number of para-hydroxylation sites is 1. The second-order valence-corrected chi connectivity index (χ2v) is 7.16. The van der Waals surface area contributed by atoms with Gasteiger partial charge in [-0.05, 0) is 39.7 Å². The van der Waals surface area contributed by atoms with Crippen molar-refractivity contribution in [1.82, 2.24) is 5.32 Å². The molecule has 140 valence electrons. The van der Waals surface area contributed by atoms with Crippen LogP contribution in [0.2, 0.25) is 0 Å². The van der Waals surface area contributed by atoms with E-state index in [1.165, 1.54) is 0 Å². The Balaban J connectivity index is 1.86. The molecule has 2 aliphatic rings. The summed E-state index contributed by atoms with van der Waals surface area (Å²) >= 11 is 3.52. The molecule has 0 spiro atoms. The number of hydrogen-bond acceptors (Lipinski definition) is 6. The van der Waals surface area contributed by atoms with Crippen LogP contribution in [0.15, 0.2) is 40.0 Å². The molecule has 0 aromatic heterocycles. The summed E-state index contributed by atoms with van der Waals surface area (Å²) in [5.74, 6) is 1.00. The van der Waals surface area contributed by atoms with Crippen LogP contribution in [0, 0.1) is 0 Å². The number of rotatable bonds is 3. The molecule has 2 aromatic rings. The van der Waals surface area contributed by atoms with Gasteiger partial charge in [0.1, 0.15) is 6.17 Å². The maximum absolute atomic E-state index is 12.8. The molecule has 7 nitrogen and oxygen atoms in total. The van der Waals surface area contributed by atoms with Gasteiger partial charge in [-0.2, -0.15) is 0 Å². The van der Waals surface area contributed by atoms with Crippen LogP contribution >= 0.6 is 15.9 Å². The maximum atomic E-state index is 12.8. The van der Waals surface area contributed by atoms with E-state index in [2.05, 4.69) is 31.3 Å². The number of ether oxygens (including phenoxy) is 2. The molecular weight excluding hydrogens is 414 g/mol. The number of nitrogens with one attached hydrogen (secondary N) is 1. The highest BCUT2D eigenvalue weighted by molar-refractivity contribution is 9.10. The summed E-state index contributed by atoms with van der Waals surface area (Å²) in [6.07, 6.45) is 0.204. The number of amides is 1. The fourth-order valence-corrected chi connectivity index (χ4v) is 4.36. The Morgan fingerprint density at radius 3 is 2.74 bits per heavy atom. The number of benzene rings is 2. The van der Waals surface area contributed by atoms with Gasteiger partial charge in [0, 0.05) is 18.5 Å². The molecule has 0 aliphatic carbocycles. The molecule has 8 heteroatoms. The summed E-state index contributed by atoms with van der Waals surface area (Å²) in [6.45, 7) is 0.611. The molecular formula is C19H18BrN3O4. The first-order valence-electron chi connectivity index (χ1n) is 8.42. The third-order valence-corrected chi connectivity index (χ3v) is 5.53. The van der Waals surface area contributed by atoms with Gasteiger partial charge in [0.15, 0.2) is 11.5 Å². The van der Waals surface area contributed by atoms with Gasteiger partial charge in [0.05, 0.1) is 35.7 Å². The van der Waals surface area contributed by atoms with Crippen molar-refractivity contribution in [3.8, 4) is 11.5 Å². The maximum Gasteiger partial charge on any atom is 0.255 e. The van der Waals surface area contributed by atoms with E-state index in [4.69, 9.17) is 9.47 Å². The van der Waals surface area contributed by atoms with Crippen LogP contribution in [0.1, 0.15) is 34.1 Å². The van der Waals surface area contributed by atoms with Gasteiger partial charge in [-0.1, -0.05) is 17.3 Å². The molecule has 0 saturated heterocycles. The van der Waals surface area contributed by atoms with E-state index in [0.717, 1.165) is 21.3 Å². The molecule has 27 heavy (non-hydrogen) atoms. The number of methoxy groups -OCH3 is 2. The van der Waals surface area contributed by atoms with Gasteiger partial charge in [-0.15, -0.1) is 0 Å². The molecule has 0 radical (unpaired) electrons. The minimum Gasteiger partial charge on any atom is -0.493 e. The highest BCUT2D eigenvalue weighted by Gasteiger charge is 2.37. The molecule has 4 rings (SSSR count). The average molecular weight is 432 g/mol. The second kappa shape index (κ2) is 6.77. The van der Waals surface area contributed by atoms with Crippen molar-refractivity contribution in [3.05, 3.63) is 51.5 Å². The number of carbonyl (C=O) groups is 1. The summed E-state index contributed by atoms with van der Waals surface area (Å²) in [5, 5.41) is 15.8. The zero-order chi connectivity index (χ0) is 19.1. The third kappa shape index (κ3) is 2.71. The standard InChI is InChI=1S/C19H18BrN3O4/c1-26-15-9-10(8-13(20)17(15)27-2)18-21-19(24)12-5-3-4-11-14(22-25)6-7-23(18)16(11)12/h3-5,8-9,18,25H,6-7H2,1-2H3,(H,21,24). The normalized spacial score (nSPS) is 19.5. The van der Waals surface area contributed by atoms with E-state index < -0.39 is 0 Å². The number of carbonyl (C=O) groups excluding carboxylic acids is 1. The van der Waals surface area contributed by atoms with Crippen molar-refractivity contribution in [3.63, 3.8) is 0 Å². The molecule has 2 heterocycles. The van der Waals surface area contributed by atoms with Crippen molar-refractivity contribution >= 4 is 33.2 Å². The number of oxime groups is 1. The lowest BCUT2D eigenvalue weighted by atomic mass is 9.92. The van der Waals surface area contributed by atoms with Crippen LogP contribution in [0.25, 0.3) is 0 Å².